The van der Waals surface area contributed by atoms with Crippen LogP contribution >= 0.6 is 15.9 Å². The van der Waals surface area contributed by atoms with Crippen molar-refractivity contribution in [1.82, 2.24) is 20.1 Å². The van der Waals surface area contributed by atoms with Crippen molar-refractivity contribution in [2.75, 3.05) is 20.3 Å². The molecule has 0 bridgehead atoms. The molecular weight excluding hydrogens is 560 g/mol. The highest BCUT2D eigenvalue weighted by Gasteiger charge is 2.76. The number of hydrogen-bond acceptors (Lipinski definition) is 7. The van der Waals surface area contributed by atoms with Crippen molar-refractivity contribution in [3.63, 3.8) is 0 Å². The highest BCUT2D eigenvalue weighted by molar-refractivity contribution is 9.10. The van der Waals surface area contributed by atoms with Gasteiger partial charge in [-0.25, -0.2) is 0 Å². The van der Waals surface area contributed by atoms with Gasteiger partial charge in [0.05, 0.1) is 30.8 Å². The van der Waals surface area contributed by atoms with Gasteiger partial charge in [0, 0.05) is 55.2 Å². The van der Waals surface area contributed by atoms with Crippen molar-refractivity contribution in [3.8, 4) is 11.5 Å². The lowest BCUT2D eigenvalue weighted by molar-refractivity contribution is -0.128. The molecule has 202 valence electrons. The van der Waals surface area contributed by atoms with Crippen LogP contribution in [0.5, 0.6) is 11.5 Å². The van der Waals surface area contributed by atoms with Gasteiger partial charge in [-0.2, -0.15) is 5.10 Å². The van der Waals surface area contributed by atoms with E-state index in [2.05, 4.69) is 31.3 Å². The first kappa shape index (κ1) is 26.0. The summed E-state index contributed by atoms with van der Waals surface area (Å²) in [6.45, 7) is 0.844. The molecule has 3 heterocycles. The summed E-state index contributed by atoms with van der Waals surface area (Å²) in [5, 5.41) is 32.1. The number of pyridine rings is 1. The van der Waals surface area contributed by atoms with E-state index >= 15 is 0 Å². The standard InChI is InChI=1S/C30H31BrN4O4/c1-35-22(12-13-34-35)14-32-15-24-23(18-36)27(19-6-4-3-5-7-19)30(20-8-10-21(31)11-9-20)29(24,37)28-25(38-2)16-33-17-26(28)39-30/h3-13,16-17,23-24,27,32,36-37H,14-15,18H2,1-2H3. The summed E-state index contributed by atoms with van der Waals surface area (Å²) in [6.07, 6.45) is 5.02. The number of nitrogens with one attached hydrogen (secondary N) is 1. The van der Waals surface area contributed by atoms with Crippen LogP contribution in [0, 0.1) is 11.8 Å². The normalized spacial score (nSPS) is 27.2. The van der Waals surface area contributed by atoms with Gasteiger partial charge in [0.25, 0.3) is 0 Å². The third kappa shape index (κ3) is 3.82. The van der Waals surface area contributed by atoms with Gasteiger partial charge in [-0.3, -0.25) is 9.67 Å². The third-order valence-electron chi connectivity index (χ3n) is 8.47. The fourth-order valence-corrected chi connectivity index (χ4v) is 7.10. The first-order valence-corrected chi connectivity index (χ1v) is 13.8. The number of aliphatic hydroxyl groups is 2. The summed E-state index contributed by atoms with van der Waals surface area (Å²) < 4.78 is 15.4. The van der Waals surface area contributed by atoms with Crippen LogP contribution in [0.2, 0.25) is 0 Å². The second-order valence-electron chi connectivity index (χ2n) is 10.2. The average Bonchev–Trinajstić information content (AvgIpc) is 3.55. The maximum atomic E-state index is 13.3. The number of aryl methyl sites for hydroxylation is 1. The maximum Gasteiger partial charge on any atom is 0.174 e. The molecule has 0 radical (unpaired) electrons. The quantitative estimate of drug-likeness (QED) is 0.286. The van der Waals surface area contributed by atoms with Gasteiger partial charge < -0.3 is 25.0 Å². The Labute approximate surface area is 235 Å². The molecule has 8 nitrogen and oxygen atoms in total. The third-order valence-corrected chi connectivity index (χ3v) is 9.00. The number of rotatable bonds is 8. The van der Waals surface area contributed by atoms with Crippen molar-refractivity contribution < 1.29 is 19.7 Å². The molecule has 2 aliphatic rings. The number of hydrogen-bond donors (Lipinski definition) is 3. The number of fused-ring (bicyclic) bond motifs is 3. The Morgan fingerprint density at radius 1 is 1.10 bits per heavy atom. The minimum Gasteiger partial charge on any atom is -0.495 e. The van der Waals surface area contributed by atoms with Gasteiger partial charge in [0.15, 0.2) is 5.60 Å². The molecule has 3 N–H and O–H groups in total. The predicted octanol–water partition coefficient (Wildman–Crippen LogP) is 3.87. The van der Waals surface area contributed by atoms with Crippen molar-refractivity contribution in [3.05, 3.63) is 106 Å². The van der Waals surface area contributed by atoms with Gasteiger partial charge in [0.1, 0.15) is 17.1 Å². The van der Waals surface area contributed by atoms with E-state index in [-0.39, 0.29) is 18.4 Å². The smallest absolute Gasteiger partial charge is 0.174 e. The number of benzene rings is 2. The first-order chi connectivity index (χ1) is 19.0. The summed E-state index contributed by atoms with van der Waals surface area (Å²) in [7, 11) is 3.47. The molecule has 4 aromatic rings. The molecule has 1 aliphatic carbocycles. The lowest BCUT2D eigenvalue weighted by atomic mass is 9.70. The van der Waals surface area contributed by atoms with E-state index in [4.69, 9.17) is 9.47 Å². The average molecular weight is 592 g/mol. The lowest BCUT2D eigenvalue weighted by Crippen LogP contribution is -2.52. The van der Waals surface area contributed by atoms with Crippen molar-refractivity contribution in [1.29, 1.82) is 0 Å². The highest BCUT2D eigenvalue weighted by atomic mass is 79.9. The minimum atomic E-state index is -1.56. The molecule has 39 heavy (non-hydrogen) atoms. The summed E-state index contributed by atoms with van der Waals surface area (Å²) in [4.78, 5) is 4.35. The molecular formula is C30H31BrN4O4. The number of aromatic nitrogens is 3. The van der Waals surface area contributed by atoms with Gasteiger partial charge in [0.2, 0.25) is 0 Å². The molecule has 2 aromatic carbocycles. The van der Waals surface area contributed by atoms with Crippen LogP contribution in [0.3, 0.4) is 0 Å². The fraction of sp³-hybridized carbons (Fsp3) is 0.333. The Balaban J connectivity index is 1.57. The molecule has 5 atom stereocenters. The maximum absolute atomic E-state index is 13.3. The SMILES string of the molecule is COc1cncc2c1C1(O)C(CNCc3ccnn3C)C(CO)C(c3ccccc3)C1(c1ccc(Br)cc1)O2. The van der Waals surface area contributed by atoms with Gasteiger partial charge in [-0.15, -0.1) is 0 Å². The minimum absolute atomic E-state index is 0.135. The molecule has 0 amide bonds. The van der Waals surface area contributed by atoms with Crippen molar-refractivity contribution in [2.45, 2.75) is 23.7 Å². The zero-order valence-electron chi connectivity index (χ0n) is 21.8. The zero-order chi connectivity index (χ0) is 27.2. The molecule has 6 rings (SSSR count). The second-order valence-corrected chi connectivity index (χ2v) is 11.2. The Hall–Kier alpha value is -3.24. The van der Waals surface area contributed by atoms with E-state index in [0.29, 0.717) is 30.2 Å². The summed E-state index contributed by atoms with van der Waals surface area (Å²) in [6, 6.07) is 19.9. The molecule has 1 saturated carbocycles. The zero-order valence-corrected chi connectivity index (χ0v) is 23.4. The fourth-order valence-electron chi connectivity index (χ4n) is 6.83. The lowest BCUT2D eigenvalue weighted by Gasteiger charge is -2.42. The number of methoxy groups -OCH3 is 1. The van der Waals surface area contributed by atoms with Crippen LogP contribution in [0.4, 0.5) is 0 Å². The molecule has 1 fully saturated rings. The van der Waals surface area contributed by atoms with E-state index in [1.165, 1.54) is 0 Å². The second kappa shape index (κ2) is 10.1. The first-order valence-electron chi connectivity index (χ1n) is 13.0. The molecule has 2 aromatic heterocycles. The Bertz CT molecular complexity index is 1460. The molecule has 0 saturated heterocycles. The van der Waals surface area contributed by atoms with Crippen LogP contribution in [0.15, 0.2) is 83.7 Å². The van der Waals surface area contributed by atoms with Crippen LogP contribution in [-0.4, -0.2) is 45.2 Å². The topological polar surface area (TPSA) is 102 Å². The van der Waals surface area contributed by atoms with Crippen LogP contribution < -0.4 is 14.8 Å². The van der Waals surface area contributed by atoms with E-state index in [0.717, 1.165) is 21.3 Å². The molecule has 1 aliphatic heterocycles. The van der Waals surface area contributed by atoms with E-state index < -0.39 is 17.1 Å². The van der Waals surface area contributed by atoms with Crippen molar-refractivity contribution >= 4 is 15.9 Å². The Kier molecular flexibility index (Phi) is 6.71. The summed E-state index contributed by atoms with van der Waals surface area (Å²) in [5.74, 6) is -0.228. The predicted molar refractivity (Wildman–Crippen MR) is 149 cm³/mol. The Morgan fingerprint density at radius 3 is 2.54 bits per heavy atom. The summed E-state index contributed by atoms with van der Waals surface area (Å²) >= 11 is 3.55. The number of nitrogens with zero attached hydrogens (tertiary/aromatic N) is 3. The highest BCUT2D eigenvalue weighted by Crippen LogP contribution is 2.71. The van der Waals surface area contributed by atoms with Crippen LogP contribution in [0.25, 0.3) is 0 Å². The number of aliphatic hydroxyl groups excluding tert-OH is 1. The molecule has 9 heteroatoms. The largest absolute Gasteiger partial charge is 0.495 e. The van der Waals surface area contributed by atoms with Crippen LogP contribution in [0.1, 0.15) is 28.3 Å². The molecule has 0 spiro atoms. The van der Waals surface area contributed by atoms with Gasteiger partial charge in [-0.1, -0.05) is 58.4 Å². The van der Waals surface area contributed by atoms with E-state index in [1.54, 1.807) is 25.7 Å². The Morgan fingerprint density at radius 2 is 1.87 bits per heavy atom. The van der Waals surface area contributed by atoms with Crippen LogP contribution in [-0.2, 0) is 24.8 Å². The van der Waals surface area contributed by atoms with E-state index in [9.17, 15) is 10.2 Å². The monoisotopic (exact) mass is 590 g/mol. The summed E-state index contributed by atoms with van der Waals surface area (Å²) in [5.41, 5.74) is 0.563. The van der Waals surface area contributed by atoms with Gasteiger partial charge in [-0.05, 0) is 29.3 Å². The number of ether oxygens (including phenoxy) is 2. The van der Waals surface area contributed by atoms with Crippen molar-refractivity contribution in [2.24, 2.45) is 18.9 Å². The number of halogens is 1. The van der Waals surface area contributed by atoms with E-state index in [1.807, 2.05) is 72.4 Å². The molecule has 5 unspecified atom stereocenters. The van der Waals surface area contributed by atoms with Gasteiger partial charge >= 0.3 is 0 Å².